The van der Waals surface area contributed by atoms with E-state index in [4.69, 9.17) is 5.11 Å². The largest absolute Gasteiger partial charge is 0.465 e. The van der Waals surface area contributed by atoms with Crippen LogP contribution in [0.4, 0.5) is 4.79 Å². The summed E-state index contributed by atoms with van der Waals surface area (Å²) in [6.07, 6.45) is 0.660. The Hall–Kier alpha value is -2.37. The Balaban J connectivity index is 2.18. The van der Waals surface area contributed by atoms with Crippen molar-refractivity contribution < 1.29 is 9.90 Å². The summed E-state index contributed by atoms with van der Waals surface area (Å²) in [5, 5.41) is 17.0. The Labute approximate surface area is 97.1 Å². The minimum atomic E-state index is -0.936. The zero-order valence-electron chi connectivity index (χ0n) is 8.95. The number of hydrogen-bond acceptors (Lipinski definition) is 3. The third-order valence-electron chi connectivity index (χ3n) is 2.82. The number of amides is 1. The number of benzene rings is 1. The maximum absolute atomic E-state index is 11.1. The standard InChI is InChI=1S/C11H10N4O2/c16-11(17)14-6-8-3-1-2-4-10(8)15-9(7-14)5-12-13-15/h1-5H,6-7H2,(H,16,17). The Morgan fingerprint density at radius 1 is 1.29 bits per heavy atom. The van der Waals surface area contributed by atoms with Crippen LogP contribution in [0.25, 0.3) is 5.69 Å². The summed E-state index contributed by atoms with van der Waals surface area (Å²) in [7, 11) is 0. The van der Waals surface area contributed by atoms with Crippen LogP contribution >= 0.6 is 0 Å². The van der Waals surface area contributed by atoms with Crippen molar-refractivity contribution in [3.05, 3.63) is 41.7 Å². The summed E-state index contributed by atoms with van der Waals surface area (Å²) < 4.78 is 1.69. The van der Waals surface area contributed by atoms with Gasteiger partial charge in [-0.3, -0.25) is 4.90 Å². The summed E-state index contributed by atoms with van der Waals surface area (Å²) in [6.45, 7) is 0.672. The van der Waals surface area contributed by atoms with Crippen LogP contribution in [0.2, 0.25) is 0 Å². The van der Waals surface area contributed by atoms with Crippen LogP contribution in [0, 0.1) is 0 Å². The molecule has 1 aliphatic heterocycles. The monoisotopic (exact) mass is 230 g/mol. The van der Waals surface area contributed by atoms with Gasteiger partial charge < -0.3 is 5.11 Å². The fourth-order valence-corrected chi connectivity index (χ4v) is 2.01. The van der Waals surface area contributed by atoms with Gasteiger partial charge in [-0.2, -0.15) is 0 Å². The normalized spacial score (nSPS) is 13.8. The van der Waals surface area contributed by atoms with Crippen LogP contribution in [0.1, 0.15) is 11.3 Å². The van der Waals surface area contributed by atoms with Crippen molar-refractivity contribution in [1.82, 2.24) is 19.9 Å². The molecule has 0 atom stereocenters. The van der Waals surface area contributed by atoms with Crippen molar-refractivity contribution in [2.24, 2.45) is 0 Å². The Morgan fingerprint density at radius 2 is 2.12 bits per heavy atom. The van der Waals surface area contributed by atoms with Crippen molar-refractivity contribution in [3.63, 3.8) is 0 Å². The molecule has 0 radical (unpaired) electrons. The van der Waals surface area contributed by atoms with E-state index in [1.54, 1.807) is 10.9 Å². The lowest BCUT2D eigenvalue weighted by atomic mass is 10.2. The van der Waals surface area contributed by atoms with E-state index < -0.39 is 6.09 Å². The molecule has 6 nitrogen and oxygen atoms in total. The number of carboxylic acid groups (broad SMARTS) is 1. The van der Waals surface area contributed by atoms with Gasteiger partial charge in [0, 0.05) is 0 Å². The molecular formula is C11H10N4O2. The Bertz CT molecular complexity index is 578. The summed E-state index contributed by atoms with van der Waals surface area (Å²) in [6, 6.07) is 7.61. The number of rotatable bonds is 0. The third-order valence-corrected chi connectivity index (χ3v) is 2.82. The first-order valence-electron chi connectivity index (χ1n) is 5.21. The molecule has 0 saturated carbocycles. The quantitative estimate of drug-likeness (QED) is 0.739. The minimum absolute atomic E-state index is 0.303. The lowest BCUT2D eigenvalue weighted by molar-refractivity contribution is 0.139. The molecule has 1 aromatic heterocycles. The highest BCUT2D eigenvalue weighted by molar-refractivity contribution is 5.65. The molecule has 1 aliphatic rings. The molecule has 0 unspecified atom stereocenters. The predicted molar refractivity (Wildman–Crippen MR) is 58.6 cm³/mol. The SMILES string of the molecule is O=C(O)N1Cc2ccccc2-n2nncc2C1. The second kappa shape index (κ2) is 3.58. The van der Waals surface area contributed by atoms with Gasteiger partial charge in [0.15, 0.2) is 0 Å². The molecular weight excluding hydrogens is 220 g/mol. The van der Waals surface area contributed by atoms with Crippen molar-refractivity contribution in [2.45, 2.75) is 13.1 Å². The molecule has 2 aromatic rings. The first-order chi connectivity index (χ1) is 8.25. The van der Waals surface area contributed by atoms with E-state index in [1.807, 2.05) is 24.3 Å². The molecule has 6 heteroatoms. The molecule has 1 amide bonds. The molecule has 0 bridgehead atoms. The second-order valence-corrected chi connectivity index (χ2v) is 3.90. The molecule has 1 N–H and O–H groups in total. The maximum atomic E-state index is 11.1. The zero-order chi connectivity index (χ0) is 11.8. The topological polar surface area (TPSA) is 71.2 Å². The van der Waals surface area contributed by atoms with Gasteiger partial charge in [0.1, 0.15) is 0 Å². The number of para-hydroxylation sites is 1. The van der Waals surface area contributed by atoms with Crippen molar-refractivity contribution in [1.29, 1.82) is 0 Å². The van der Waals surface area contributed by atoms with E-state index in [0.717, 1.165) is 16.9 Å². The summed E-state index contributed by atoms with van der Waals surface area (Å²) in [5.41, 5.74) is 2.60. The van der Waals surface area contributed by atoms with Crippen LogP contribution < -0.4 is 0 Å². The van der Waals surface area contributed by atoms with Gasteiger partial charge in [-0.15, -0.1) is 5.10 Å². The average Bonchev–Trinajstić information content (AvgIpc) is 2.71. The Morgan fingerprint density at radius 3 is 2.94 bits per heavy atom. The number of nitrogens with zero attached hydrogens (tertiary/aromatic N) is 4. The fraction of sp³-hybridized carbons (Fsp3) is 0.182. The van der Waals surface area contributed by atoms with E-state index in [0.29, 0.717) is 13.1 Å². The highest BCUT2D eigenvalue weighted by Gasteiger charge is 2.22. The lowest BCUT2D eigenvalue weighted by Gasteiger charge is -2.15. The van der Waals surface area contributed by atoms with Crippen LogP contribution in [-0.4, -0.2) is 31.1 Å². The molecule has 17 heavy (non-hydrogen) atoms. The van der Waals surface area contributed by atoms with Gasteiger partial charge in [-0.25, -0.2) is 9.48 Å². The summed E-state index contributed by atoms with van der Waals surface area (Å²) in [4.78, 5) is 12.5. The maximum Gasteiger partial charge on any atom is 0.407 e. The molecule has 1 aromatic carbocycles. The van der Waals surface area contributed by atoms with Crippen LogP contribution in [0.3, 0.4) is 0 Å². The van der Waals surface area contributed by atoms with Crippen molar-refractivity contribution in [2.75, 3.05) is 0 Å². The first kappa shape index (κ1) is 9.83. The van der Waals surface area contributed by atoms with Crippen molar-refractivity contribution >= 4 is 6.09 Å². The minimum Gasteiger partial charge on any atom is -0.465 e. The summed E-state index contributed by atoms with van der Waals surface area (Å²) >= 11 is 0. The number of carbonyl (C=O) groups is 1. The highest BCUT2D eigenvalue weighted by Crippen LogP contribution is 2.22. The van der Waals surface area contributed by atoms with E-state index in [1.165, 1.54) is 4.90 Å². The highest BCUT2D eigenvalue weighted by atomic mass is 16.4. The second-order valence-electron chi connectivity index (χ2n) is 3.90. The fourth-order valence-electron chi connectivity index (χ4n) is 2.01. The summed E-state index contributed by atoms with van der Waals surface area (Å²) in [5.74, 6) is 0. The number of fused-ring (bicyclic) bond motifs is 3. The zero-order valence-corrected chi connectivity index (χ0v) is 8.95. The molecule has 3 rings (SSSR count). The van der Waals surface area contributed by atoms with E-state index in [-0.39, 0.29) is 0 Å². The number of aromatic nitrogens is 3. The van der Waals surface area contributed by atoms with Gasteiger partial charge in [-0.05, 0) is 11.6 Å². The van der Waals surface area contributed by atoms with Crippen LogP contribution in [0.15, 0.2) is 30.5 Å². The van der Waals surface area contributed by atoms with Gasteiger partial charge in [0.05, 0.1) is 30.7 Å². The predicted octanol–water partition coefficient (Wildman–Crippen LogP) is 1.26. The molecule has 86 valence electrons. The molecule has 0 spiro atoms. The smallest absolute Gasteiger partial charge is 0.407 e. The molecule has 0 saturated heterocycles. The Kier molecular flexibility index (Phi) is 2.07. The van der Waals surface area contributed by atoms with E-state index >= 15 is 0 Å². The first-order valence-corrected chi connectivity index (χ1v) is 5.21. The van der Waals surface area contributed by atoms with Gasteiger partial charge >= 0.3 is 6.09 Å². The lowest BCUT2D eigenvalue weighted by Crippen LogP contribution is -2.27. The van der Waals surface area contributed by atoms with Crippen molar-refractivity contribution in [3.8, 4) is 5.69 Å². The average molecular weight is 230 g/mol. The van der Waals surface area contributed by atoms with Gasteiger partial charge in [0.2, 0.25) is 0 Å². The molecule has 2 heterocycles. The van der Waals surface area contributed by atoms with E-state index in [9.17, 15) is 4.79 Å². The molecule has 0 aliphatic carbocycles. The molecule has 0 fully saturated rings. The third kappa shape index (κ3) is 1.54. The van der Waals surface area contributed by atoms with Gasteiger partial charge in [0.25, 0.3) is 0 Å². The van der Waals surface area contributed by atoms with Crippen LogP contribution in [-0.2, 0) is 13.1 Å². The van der Waals surface area contributed by atoms with Crippen LogP contribution in [0.5, 0.6) is 0 Å². The van der Waals surface area contributed by atoms with E-state index in [2.05, 4.69) is 10.3 Å². The van der Waals surface area contributed by atoms with Gasteiger partial charge in [-0.1, -0.05) is 23.4 Å². The number of hydrogen-bond donors (Lipinski definition) is 1.